The first-order chi connectivity index (χ1) is 9.04. The molecule has 0 atom stereocenters. The van der Waals surface area contributed by atoms with Crippen LogP contribution in [-0.2, 0) is 25.4 Å². The van der Waals surface area contributed by atoms with Crippen molar-refractivity contribution in [2.24, 2.45) is 14.1 Å². The van der Waals surface area contributed by atoms with Gasteiger partial charge in [0.2, 0.25) is 5.91 Å². The van der Waals surface area contributed by atoms with Gasteiger partial charge < -0.3 is 10.6 Å². The molecule has 0 aliphatic carbocycles. The van der Waals surface area contributed by atoms with Gasteiger partial charge >= 0.3 is 5.69 Å². The topological polar surface area (TPSA) is 68.1 Å². The predicted octanol–water partition coefficient (Wildman–Crippen LogP) is -0.287. The van der Waals surface area contributed by atoms with Gasteiger partial charge in [0, 0.05) is 20.6 Å². The summed E-state index contributed by atoms with van der Waals surface area (Å²) in [4.78, 5) is 23.2. The molecule has 2 aromatic rings. The number of nitrogens with one attached hydrogen (secondary N) is 2. The maximum Gasteiger partial charge on any atom is 0.328 e. The summed E-state index contributed by atoms with van der Waals surface area (Å²) in [6.07, 6.45) is 0. The van der Waals surface area contributed by atoms with Crippen molar-refractivity contribution in [3.63, 3.8) is 0 Å². The molecular formula is C13H18N4O2. The second-order valence-electron chi connectivity index (χ2n) is 4.53. The highest BCUT2D eigenvalue weighted by molar-refractivity contribution is 5.79. The average Bonchev–Trinajstić information content (AvgIpc) is 2.62. The fourth-order valence-corrected chi connectivity index (χ4v) is 2.09. The molecule has 6 heteroatoms. The minimum absolute atomic E-state index is 0.0497. The van der Waals surface area contributed by atoms with Crippen LogP contribution >= 0.6 is 0 Å². The maximum absolute atomic E-state index is 11.8. The van der Waals surface area contributed by atoms with Gasteiger partial charge in [-0.2, -0.15) is 0 Å². The van der Waals surface area contributed by atoms with E-state index in [0.29, 0.717) is 13.1 Å². The lowest BCUT2D eigenvalue weighted by Crippen LogP contribution is -2.31. The van der Waals surface area contributed by atoms with Gasteiger partial charge in [-0.05, 0) is 24.7 Å². The van der Waals surface area contributed by atoms with Gasteiger partial charge in [-0.15, -0.1) is 0 Å². The van der Waals surface area contributed by atoms with E-state index in [1.165, 1.54) is 0 Å². The Balaban J connectivity index is 2.25. The molecule has 0 radical (unpaired) electrons. The monoisotopic (exact) mass is 262 g/mol. The van der Waals surface area contributed by atoms with Crippen LogP contribution in [0.25, 0.3) is 11.0 Å². The Morgan fingerprint density at radius 1 is 1.21 bits per heavy atom. The van der Waals surface area contributed by atoms with E-state index in [-0.39, 0.29) is 11.6 Å². The number of carbonyl (C=O) groups excluding carboxylic acids is 1. The van der Waals surface area contributed by atoms with Crippen molar-refractivity contribution in [2.45, 2.75) is 6.54 Å². The molecule has 1 aromatic carbocycles. The van der Waals surface area contributed by atoms with Crippen LogP contribution in [0.2, 0.25) is 0 Å². The summed E-state index contributed by atoms with van der Waals surface area (Å²) in [7, 11) is 5.22. The van der Waals surface area contributed by atoms with E-state index >= 15 is 0 Å². The summed E-state index contributed by atoms with van der Waals surface area (Å²) in [5.74, 6) is -0.0513. The number of hydrogen-bond donors (Lipinski definition) is 2. The van der Waals surface area contributed by atoms with E-state index in [0.717, 1.165) is 16.6 Å². The molecule has 0 aliphatic heterocycles. The first-order valence-corrected chi connectivity index (χ1v) is 6.10. The predicted molar refractivity (Wildman–Crippen MR) is 73.9 cm³/mol. The molecule has 0 saturated carbocycles. The minimum atomic E-state index is -0.0513. The minimum Gasteiger partial charge on any atom is -0.351 e. The highest BCUT2D eigenvalue weighted by Crippen LogP contribution is 2.13. The van der Waals surface area contributed by atoms with Crippen molar-refractivity contribution in [3.8, 4) is 0 Å². The van der Waals surface area contributed by atoms with E-state index in [9.17, 15) is 9.59 Å². The lowest BCUT2D eigenvalue weighted by atomic mass is 10.2. The number of benzene rings is 1. The summed E-state index contributed by atoms with van der Waals surface area (Å²) < 4.78 is 3.22. The molecule has 0 spiro atoms. The molecule has 0 saturated heterocycles. The fraction of sp³-hybridized carbons (Fsp3) is 0.385. The summed E-state index contributed by atoms with van der Waals surface area (Å²) in [5.41, 5.74) is 2.68. The van der Waals surface area contributed by atoms with Crippen LogP contribution in [0.1, 0.15) is 5.56 Å². The molecule has 1 heterocycles. The number of rotatable bonds is 4. The zero-order valence-corrected chi connectivity index (χ0v) is 11.4. The molecular weight excluding hydrogens is 244 g/mol. The number of hydrogen-bond acceptors (Lipinski definition) is 3. The van der Waals surface area contributed by atoms with E-state index in [1.54, 1.807) is 30.3 Å². The van der Waals surface area contributed by atoms with Crippen molar-refractivity contribution >= 4 is 16.9 Å². The van der Waals surface area contributed by atoms with Gasteiger partial charge in [-0.25, -0.2) is 4.79 Å². The van der Waals surface area contributed by atoms with E-state index in [1.807, 2.05) is 18.2 Å². The highest BCUT2D eigenvalue weighted by atomic mass is 16.2. The Morgan fingerprint density at radius 2 is 1.89 bits per heavy atom. The molecule has 1 amide bonds. The lowest BCUT2D eigenvalue weighted by Gasteiger charge is -2.05. The van der Waals surface area contributed by atoms with Crippen molar-refractivity contribution in [1.29, 1.82) is 0 Å². The Labute approximate surface area is 111 Å². The second-order valence-corrected chi connectivity index (χ2v) is 4.53. The Morgan fingerprint density at radius 3 is 2.58 bits per heavy atom. The van der Waals surface area contributed by atoms with Crippen LogP contribution < -0.4 is 16.3 Å². The van der Waals surface area contributed by atoms with Crippen LogP contribution in [0.3, 0.4) is 0 Å². The number of likely N-dealkylation sites (N-methyl/N-ethyl adjacent to an activating group) is 1. The van der Waals surface area contributed by atoms with Crippen LogP contribution in [0.15, 0.2) is 23.0 Å². The molecule has 19 heavy (non-hydrogen) atoms. The fourth-order valence-electron chi connectivity index (χ4n) is 2.09. The van der Waals surface area contributed by atoms with Crippen molar-refractivity contribution < 1.29 is 4.79 Å². The van der Waals surface area contributed by atoms with Crippen molar-refractivity contribution in [1.82, 2.24) is 19.8 Å². The molecule has 1 aromatic heterocycles. The maximum atomic E-state index is 11.8. The molecule has 102 valence electrons. The number of nitrogens with zero attached hydrogens (tertiary/aromatic N) is 2. The van der Waals surface area contributed by atoms with Crippen LogP contribution in [0, 0.1) is 0 Å². The molecule has 0 bridgehead atoms. The van der Waals surface area contributed by atoms with Crippen LogP contribution in [0.4, 0.5) is 0 Å². The zero-order valence-electron chi connectivity index (χ0n) is 11.4. The molecule has 2 N–H and O–H groups in total. The molecule has 2 rings (SSSR count). The third-order valence-corrected chi connectivity index (χ3v) is 3.16. The quantitative estimate of drug-likeness (QED) is 0.796. The number of carbonyl (C=O) groups is 1. The number of imidazole rings is 1. The second kappa shape index (κ2) is 5.27. The summed E-state index contributed by atoms with van der Waals surface area (Å²) in [5, 5.41) is 5.60. The van der Waals surface area contributed by atoms with E-state index in [4.69, 9.17) is 0 Å². The van der Waals surface area contributed by atoms with Gasteiger partial charge in [0.25, 0.3) is 0 Å². The Kier molecular flexibility index (Phi) is 3.71. The first-order valence-electron chi connectivity index (χ1n) is 6.10. The standard InChI is InChI=1S/C13H18N4O2/c1-14-8-12(18)15-7-9-4-5-10-11(6-9)17(3)13(19)16(10)2/h4-6,14H,7-8H2,1-3H3,(H,15,18). The zero-order chi connectivity index (χ0) is 14.0. The van der Waals surface area contributed by atoms with E-state index in [2.05, 4.69) is 10.6 Å². The third kappa shape index (κ3) is 2.53. The largest absolute Gasteiger partial charge is 0.351 e. The molecule has 0 unspecified atom stereocenters. The first kappa shape index (κ1) is 13.4. The molecule has 0 fully saturated rings. The number of aryl methyl sites for hydroxylation is 2. The average molecular weight is 262 g/mol. The van der Waals surface area contributed by atoms with Gasteiger partial charge in [0.1, 0.15) is 0 Å². The lowest BCUT2D eigenvalue weighted by molar-refractivity contribution is -0.120. The third-order valence-electron chi connectivity index (χ3n) is 3.16. The van der Waals surface area contributed by atoms with Crippen LogP contribution in [0.5, 0.6) is 0 Å². The Bertz CT molecular complexity index is 669. The van der Waals surface area contributed by atoms with Gasteiger partial charge in [0.05, 0.1) is 17.6 Å². The van der Waals surface area contributed by atoms with Gasteiger partial charge in [-0.1, -0.05) is 6.07 Å². The summed E-state index contributed by atoms with van der Waals surface area (Å²) in [6.45, 7) is 0.756. The summed E-state index contributed by atoms with van der Waals surface area (Å²) >= 11 is 0. The van der Waals surface area contributed by atoms with E-state index < -0.39 is 0 Å². The highest BCUT2D eigenvalue weighted by Gasteiger charge is 2.08. The van der Waals surface area contributed by atoms with Gasteiger partial charge in [0.15, 0.2) is 0 Å². The Hall–Kier alpha value is -2.08. The van der Waals surface area contributed by atoms with Crippen molar-refractivity contribution in [3.05, 3.63) is 34.2 Å². The van der Waals surface area contributed by atoms with Crippen LogP contribution in [-0.4, -0.2) is 28.6 Å². The molecule has 6 nitrogen and oxygen atoms in total. The SMILES string of the molecule is CNCC(=O)NCc1ccc2c(c1)n(C)c(=O)n2C. The number of fused-ring (bicyclic) bond motifs is 1. The normalized spacial score (nSPS) is 10.9. The molecule has 0 aliphatic rings. The van der Waals surface area contributed by atoms with Gasteiger partial charge in [-0.3, -0.25) is 13.9 Å². The van der Waals surface area contributed by atoms with Crippen molar-refractivity contribution in [2.75, 3.05) is 13.6 Å². The smallest absolute Gasteiger partial charge is 0.328 e. The summed E-state index contributed by atoms with van der Waals surface area (Å²) in [6, 6.07) is 5.74. The number of aromatic nitrogens is 2. The number of amides is 1.